The predicted octanol–water partition coefficient (Wildman–Crippen LogP) is 4.85. The molecule has 2 unspecified atom stereocenters. The third kappa shape index (κ3) is 3.00. The summed E-state index contributed by atoms with van der Waals surface area (Å²) >= 11 is 0. The van der Waals surface area contributed by atoms with Crippen molar-refractivity contribution >= 4 is 17.7 Å². The van der Waals surface area contributed by atoms with E-state index in [4.69, 9.17) is 0 Å². The molecule has 4 heterocycles. The highest BCUT2D eigenvalue weighted by atomic mass is 19.2. The van der Waals surface area contributed by atoms with E-state index in [1.54, 1.807) is 11.7 Å². The van der Waals surface area contributed by atoms with Crippen LogP contribution in [0.5, 0.6) is 0 Å². The van der Waals surface area contributed by atoms with Crippen LogP contribution in [0.25, 0.3) is 17.3 Å². The van der Waals surface area contributed by atoms with Gasteiger partial charge in [0.05, 0.1) is 17.4 Å². The first kappa shape index (κ1) is 20.1. The van der Waals surface area contributed by atoms with Gasteiger partial charge >= 0.3 is 0 Å². The minimum absolute atomic E-state index is 0.0298. The second kappa shape index (κ2) is 7.23. The molecular weight excluding hydrogens is 429 g/mol. The van der Waals surface area contributed by atoms with Crippen LogP contribution in [0, 0.1) is 17.5 Å². The van der Waals surface area contributed by atoms with Gasteiger partial charge in [-0.05, 0) is 55.2 Å². The molecule has 2 aromatic carbocycles. The molecule has 5 nitrogen and oxygen atoms in total. The van der Waals surface area contributed by atoms with Gasteiger partial charge in [0.15, 0.2) is 17.5 Å². The first-order valence-electron chi connectivity index (χ1n) is 11.0. The summed E-state index contributed by atoms with van der Waals surface area (Å²) in [5.41, 5.74) is 5.05. The monoisotopic (exact) mass is 450 g/mol. The Morgan fingerprint density at radius 1 is 1.12 bits per heavy atom. The number of carbonyl (C=O) groups is 1. The molecule has 1 N–H and O–H groups in total. The molecule has 3 aliphatic rings. The smallest absolute Gasteiger partial charge is 0.254 e. The molecule has 33 heavy (non-hydrogen) atoms. The third-order valence-corrected chi connectivity index (χ3v) is 6.93. The Morgan fingerprint density at radius 2 is 1.91 bits per heavy atom. The minimum Gasteiger partial charge on any atom is -0.381 e. The Hall–Kier alpha value is -3.55. The van der Waals surface area contributed by atoms with E-state index in [-0.39, 0.29) is 23.6 Å². The Balaban J connectivity index is 1.38. The second-order valence-electron chi connectivity index (χ2n) is 8.84. The van der Waals surface area contributed by atoms with Crippen molar-refractivity contribution in [3.63, 3.8) is 0 Å². The molecule has 0 aliphatic carbocycles. The number of nitrogens with one attached hydrogen (secondary N) is 1. The first-order chi connectivity index (χ1) is 15.9. The van der Waals surface area contributed by atoms with Gasteiger partial charge in [0, 0.05) is 42.0 Å². The summed E-state index contributed by atoms with van der Waals surface area (Å²) in [6.07, 6.45) is 6.17. The molecule has 0 spiro atoms. The predicted molar refractivity (Wildman–Crippen MR) is 118 cm³/mol. The number of benzene rings is 2. The van der Waals surface area contributed by atoms with Crippen molar-refractivity contribution < 1.29 is 18.0 Å². The van der Waals surface area contributed by atoms with E-state index < -0.39 is 17.5 Å². The lowest BCUT2D eigenvalue weighted by Gasteiger charge is -2.34. The molecule has 3 aliphatic heterocycles. The van der Waals surface area contributed by atoms with Crippen LogP contribution in [0.4, 0.5) is 18.9 Å². The Kier molecular flexibility index (Phi) is 4.40. The summed E-state index contributed by atoms with van der Waals surface area (Å²) in [6, 6.07) is 7.45. The van der Waals surface area contributed by atoms with Gasteiger partial charge in [-0.15, -0.1) is 0 Å². The summed E-state index contributed by atoms with van der Waals surface area (Å²) in [4.78, 5) is 15.5. The Labute approximate surface area is 188 Å². The Morgan fingerprint density at radius 3 is 2.70 bits per heavy atom. The number of hydrogen-bond donors (Lipinski definition) is 1. The zero-order valence-electron chi connectivity index (χ0n) is 17.9. The highest BCUT2D eigenvalue weighted by Gasteiger charge is 2.46. The summed E-state index contributed by atoms with van der Waals surface area (Å²) in [7, 11) is 1.70. The van der Waals surface area contributed by atoms with Crippen molar-refractivity contribution in [1.29, 1.82) is 0 Å². The minimum atomic E-state index is -1.48. The van der Waals surface area contributed by atoms with Crippen LogP contribution in [0.15, 0.2) is 36.4 Å². The van der Waals surface area contributed by atoms with Crippen LogP contribution in [-0.4, -0.2) is 33.2 Å². The van der Waals surface area contributed by atoms with E-state index in [1.807, 2.05) is 35.3 Å². The number of aryl methyl sites for hydroxylation is 1. The normalized spacial score (nSPS) is 20.4. The summed E-state index contributed by atoms with van der Waals surface area (Å²) < 4.78 is 42.9. The highest BCUT2D eigenvalue weighted by molar-refractivity contribution is 5.96. The maximum Gasteiger partial charge on any atom is 0.254 e. The van der Waals surface area contributed by atoms with Gasteiger partial charge in [-0.25, -0.2) is 13.2 Å². The average Bonchev–Trinajstić information content (AvgIpc) is 3.32. The standard InChI is InChI=1S/C25H21F3N4O/c1-31-24(15-10-18(26)22(28)19(27)11-15)17-12-16-5-7-21(23(17)30-31)32(16)25(33)14-4-6-20-13(9-14)3-2-8-29-20/h2-4,6,9-11,16,21,29H,5,7-8,12H2,1H3. The zero-order chi connectivity index (χ0) is 22.9. The van der Waals surface area contributed by atoms with E-state index >= 15 is 0 Å². The molecule has 0 radical (unpaired) electrons. The van der Waals surface area contributed by atoms with E-state index in [0.717, 1.165) is 54.0 Å². The van der Waals surface area contributed by atoms with Crippen molar-refractivity contribution in [3.8, 4) is 11.3 Å². The van der Waals surface area contributed by atoms with Gasteiger partial charge in [0.25, 0.3) is 5.91 Å². The average molecular weight is 450 g/mol. The molecule has 1 saturated heterocycles. The molecular formula is C25H21F3N4O. The zero-order valence-corrected chi connectivity index (χ0v) is 17.9. The molecule has 0 saturated carbocycles. The van der Waals surface area contributed by atoms with Crippen molar-refractivity contribution in [1.82, 2.24) is 14.7 Å². The van der Waals surface area contributed by atoms with E-state index in [1.165, 1.54) is 0 Å². The van der Waals surface area contributed by atoms with Crippen LogP contribution in [0.1, 0.15) is 46.1 Å². The fourth-order valence-electron chi connectivity index (χ4n) is 5.50. The van der Waals surface area contributed by atoms with Crippen LogP contribution in [0.2, 0.25) is 0 Å². The molecule has 2 bridgehead atoms. The highest BCUT2D eigenvalue weighted by Crippen LogP contribution is 2.47. The number of carbonyl (C=O) groups excluding carboxylic acids is 1. The fourth-order valence-corrected chi connectivity index (χ4v) is 5.50. The van der Waals surface area contributed by atoms with Crippen LogP contribution in [0.3, 0.4) is 0 Å². The number of halogens is 3. The number of aromatic nitrogens is 2. The summed E-state index contributed by atoms with van der Waals surface area (Å²) in [5, 5.41) is 7.93. The lowest BCUT2D eigenvalue weighted by atomic mass is 9.93. The molecule has 1 fully saturated rings. The van der Waals surface area contributed by atoms with Crippen molar-refractivity contribution in [2.45, 2.75) is 31.3 Å². The Bertz CT molecular complexity index is 1320. The summed E-state index contributed by atoms with van der Waals surface area (Å²) in [6.45, 7) is 0.767. The fraction of sp³-hybridized carbons (Fsp3) is 0.280. The van der Waals surface area contributed by atoms with Gasteiger partial charge in [-0.2, -0.15) is 5.10 Å². The SMILES string of the molecule is Cn1nc2c(c1-c1cc(F)c(F)c(F)c1)CC1CCC2N1C(=O)c1ccc2c(c1)C=CCN2. The number of fused-ring (bicyclic) bond motifs is 5. The lowest BCUT2D eigenvalue weighted by Crippen LogP contribution is -2.42. The van der Waals surface area contributed by atoms with Crippen LogP contribution in [-0.2, 0) is 13.5 Å². The number of rotatable bonds is 2. The molecule has 1 amide bonds. The molecule has 2 atom stereocenters. The van der Waals surface area contributed by atoms with Gasteiger partial charge < -0.3 is 10.2 Å². The maximum atomic E-state index is 13.9. The number of anilines is 1. The van der Waals surface area contributed by atoms with Gasteiger partial charge in [0.2, 0.25) is 0 Å². The first-order valence-corrected chi connectivity index (χ1v) is 11.0. The largest absolute Gasteiger partial charge is 0.381 e. The number of nitrogens with zero attached hydrogens (tertiary/aromatic N) is 3. The number of hydrogen-bond acceptors (Lipinski definition) is 3. The van der Waals surface area contributed by atoms with Gasteiger partial charge in [-0.1, -0.05) is 12.2 Å². The van der Waals surface area contributed by atoms with Crippen molar-refractivity contribution in [3.05, 3.63) is 76.2 Å². The quantitative estimate of drug-likeness (QED) is 0.568. The van der Waals surface area contributed by atoms with E-state index in [2.05, 4.69) is 10.4 Å². The summed E-state index contributed by atoms with van der Waals surface area (Å²) in [5.74, 6) is -3.99. The molecule has 168 valence electrons. The topological polar surface area (TPSA) is 50.2 Å². The molecule has 8 heteroatoms. The van der Waals surface area contributed by atoms with Gasteiger partial charge in [0.1, 0.15) is 0 Å². The molecule has 3 aromatic rings. The van der Waals surface area contributed by atoms with Gasteiger partial charge in [-0.3, -0.25) is 9.48 Å². The van der Waals surface area contributed by atoms with Crippen molar-refractivity contribution in [2.24, 2.45) is 7.05 Å². The lowest BCUT2D eigenvalue weighted by molar-refractivity contribution is 0.0642. The van der Waals surface area contributed by atoms with E-state index in [0.29, 0.717) is 17.7 Å². The number of amides is 1. The molecule has 1 aromatic heterocycles. The van der Waals surface area contributed by atoms with E-state index in [9.17, 15) is 18.0 Å². The second-order valence-corrected chi connectivity index (χ2v) is 8.84. The van der Waals surface area contributed by atoms with Crippen LogP contribution < -0.4 is 5.32 Å². The maximum absolute atomic E-state index is 13.9. The third-order valence-electron chi connectivity index (χ3n) is 6.93. The van der Waals surface area contributed by atoms with Crippen LogP contribution >= 0.6 is 0 Å². The van der Waals surface area contributed by atoms with Crippen molar-refractivity contribution in [2.75, 3.05) is 11.9 Å². The molecule has 6 rings (SSSR count).